The fourth-order valence-electron chi connectivity index (χ4n) is 3.16. The summed E-state index contributed by atoms with van der Waals surface area (Å²) in [5, 5.41) is 12.0. The van der Waals surface area contributed by atoms with Gasteiger partial charge in [-0.15, -0.1) is 5.10 Å². The second kappa shape index (κ2) is 7.74. The third-order valence-electron chi connectivity index (χ3n) is 4.47. The minimum absolute atomic E-state index is 0.159. The molecule has 0 aromatic carbocycles. The van der Waals surface area contributed by atoms with Crippen molar-refractivity contribution in [2.75, 3.05) is 20.6 Å². The topological polar surface area (TPSA) is 46.0 Å². The largest absolute Gasteiger partial charge is 0.312 e. The van der Waals surface area contributed by atoms with Crippen LogP contribution in [0.1, 0.15) is 45.7 Å². The van der Waals surface area contributed by atoms with Gasteiger partial charge in [-0.2, -0.15) is 0 Å². The highest BCUT2D eigenvalue weighted by molar-refractivity contribution is 5.05. The molecule has 0 aliphatic carbocycles. The number of nitrogens with one attached hydrogen (secondary N) is 1. The van der Waals surface area contributed by atoms with Crippen LogP contribution in [0.3, 0.4) is 0 Å². The van der Waals surface area contributed by atoms with Gasteiger partial charge in [-0.1, -0.05) is 26.0 Å². The Morgan fingerprint density at radius 1 is 1.30 bits per heavy atom. The number of aryl methyl sites for hydroxylation is 1. The molecule has 0 aliphatic rings. The number of rotatable bonds is 9. The zero-order valence-electron chi connectivity index (χ0n) is 14.0. The van der Waals surface area contributed by atoms with Gasteiger partial charge in [-0.3, -0.25) is 4.68 Å². The first kappa shape index (κ1) is 17.1. The Hall–Kier alpha value is -0.940. The molecule has 5 nitrogen and oxygen atoms in total. The highest BCUT2D eigenvalue weighted by atomic mass is 15.4. The first-order valence-corrected chi connectivity index (χ1v) is 7.76. The van der Waals surface area contributed by atoms with Gasteiger partial charge in [-0.25, -0.2) is 0 Å². The molecule has 1 heterocycles. The van der Waals surface area contributed by atoms with Crippen molar-refractivity contribution in [1.29, 1.82) is 0 Å². The molecule has 20 heavy (non-hydrogen) atoms. The van der Waals surface area contributed by atoms with E-state index in [4.69, 9.17) is 0 Å². The molecule has 0 saturated carbocycles. The van der Waals surface area contributed by atoms with Crippen molar-refractivity contribution in [2.24, 2.45) is 7.05 Å². The van der Waals surface area contributed by atoms with Gasteiger partial charge < -0.3 is 10.2 Å². The van der Waals surface area contributed by atoms with Crippen LogP contribution in [0, 0.1) is 0 Å². The lowest BCUT2D eigenvalue weighted by molar-refractivity contribution is 0.0877. The summed E-state index contributed by atoms with van der Waals surface area (Å²) in [6.07, 6.45) is 6.34. The average Bonchev–Trinajstić information content (AvgIpc) is 2.82. The van der Waals surface area contributed by atoms with E-state index in [1.54, 1.807) is 4.68 Å². The summed E-state index contributed by atoms with van der Waals surface area (Å²) in [5.41, 5.74) is 1.22. The van der Waals surface area contributed by atoms with Crippen molar-refractivity contribution in [3.63, 3.8) is 0 Å². The number of aromatic nitrogens is 3. The van der Waals surface area contributed by atoms with Gasteiger partial charge in [0.2, 0.25) is 0 Å². The third kappa shape index (κ3) is 3.79. The Balaban J connectivity index is 2.96. The summed E-state index contributed by atoms with van der Waals surface area (Å²) < 4.78 is 1.78. The van der Waals surface area contributed by atoms with Crippen molar-refractivity contribution in [2.45, 2.75) is 58.0 Å². The minimum atomic E-state index is 0.159. The standard InChI is InChI=1S/C15H31N5/c1-7-10-16-14(11-13-12-20(6)18-17-13)15(8-2,9-3)19(4)5/h12,14,16H,7-11H2,1-6H3. The van der Waals surface area contributed by atoms with Gasteiger partial charge in [0, 0.05) is 31.2 Å². The molecule has 1 N–H and O–H groups in total. The molecular weight excluding hydrogens is 250 g/mol. The Kier molecular flexibility index (Phi) is 6.62. The summed E-state index contributed by atoms with van der Waals surface area (Å²) in [4.78, 5) is 2.37. The van der Waals surface area contributed by atoms with E-state index in [0.717, 1.165) is 37.9 Å². The van der Waals surface area contributed by atoms with Gasteiger partial charge in [-0.05, 0) is 39.9 Å². The van der Waals surface area contributed by atoms with Crippen LogP contribution in [-0.4, -0.2) is 52.1 Å². The maximum Gasteiger partial charge on any atom is 0.0843 e. The number of nitrogens with zero attached hydrogens (tertiary/aromatic N) is 4. The maximum absolute atomic E-state index is 4.26. The molecule has 1 aromatic rings. The van der Waals surface area contributed by atoms with Crippen molar-refractivity contribution in [1.82, 2.24) is 25.2 Å². The molecule has 5 heteroatoms. The summed E-state index contributed by atoms with van der Waals surface area (Å²) in [7, 11) is 6.29. The predicted molar refractivity (Wildman–Crippen MR) is 83.8 cm³/mol. The molecule has 1 aromatic heterocycles. The molecule has 0 fully saturated rings. The third-order valence-corrected chi connectivity index (χ3v) is 4.47. The summed E-state index contributed by atoms with van der Waals surface area (Å²) >= 11 is 0. The average molecular weight is 281 g/mol. The molecule has 0 spiro atoms. The van der Waals surface area contributed by atoms with Crippen LogP contribution < -0.4 is 5.32 Å². The van der Waals surface area contributed by atoms with E-state index in [0.29, 0.717) is 6.04 Å². The molecule has 1 unspecified atom stereocenters. The lowest BCUT2D eigenvalue weighted by Crippen LogP contribution is -2.59. The van der Waals surface area contributed by atoms with Gasteiger partial charge in [0.05, 0.1) is 5.69 Å². The highest BCUT2D eigenvalue weighted by Crippen LogP contribution is 2.27. The maximum atomic E-state index is 4.26. The normalized spacial score (nSPS) is 13.9. The van der Waals surface area contributed by atoms with Gasteiger partial charge >= 0.3 is 0 Å². The first-order chi connectivity index (χ1) is 9.50. The lowest BCUT2D eigenvalue weighted by Gasteiger charge is -2.45. The van der Waals surface area contributed by atoms with Crippen LogP contribution in [0.25, 0.3) is 0 Å². The fourth-order valence-corrected chi connectivity index (χ4v) is 3.16. The minimum Gasteiger partial charge on any atom is -0.312 e. The van der Waals surface area contributed by atoms with E-state index in [-0.39, 0.29) is 5.54 Å². The summed E-state index contributed by atoms with van der Waals surface area (Å²) in [6, 6.07) is 0.393. The first-order valence-electron chi connectivity index (χ1n) is 7.76. The molecule has 116 valence electrons. The second-order valence-electron chi connectivity index (χ2n) is 5.80. The van der Waals surface area contributed by atoms with Crippen molar-refractivity contribution in [3.8, 4) is 0 Å². The van der Waals surface area contributed by atoms with Gasteiger partial charge in [0.1, 0.15) is 0 Å². The van der Waals surface area contributed by atoms with E-state index < -0.39 is 0 Å². The van der Waals surface area contributed by atoms with Crippen LogP contribution in [0.5, 0.6) is 0 Å². The zero-order valence-corrected chi connectivity index (χ0v) is 14.0. The predicted octanol–water partition coefficient (Wildman–Crippen LogP) is 1.85. The van der Waals surface area contributed by atoms with E-state index in [2.05, 4.69) is 55.4 Å². The van der Waals surface area contributed by atoms with Crippen molar-refractivity contribution in [3.05, 3.63) is 11.9 Å². The Morgan fingerprint density at radius 2 is 1.95 bits per heavy atom. The molecular formula is C15H31N5. The number of likely N-dealkylation sites (N-methyl/N-ethyl adjacent to an activating group) is 1. The molecule has 1 rings (SSSR count). The Morgan fingerprint density at radius 3 is 2.35 bits per heavy atom. The molecule has 0 bridgehead atoms. The van der Waals surface area contributed by atoms with E-state index in [1.165, 1.54) is 0 Å². The monoisotopic (exact) mass is 281 g/mol. The SMILES string of the molecule is CCCNC(Cc1cn(C)nn1)C(CC)(CC)N(C)C. The van der Waals surface area contributed by atoms with E-state index in [9.17, 15) is 0 Å². The summed E-state index contributed by atoms with van der Waals surface area (Å²) in [5.74, 6) is 0. The lowest BCUT2D eigenvalue weighted by atomic mass is 9.81. The van der Waals surface area contributed by atoms with Gasteiger partial charge in [0.25, 0.3) is 0 Å². The zero-order chi connectivity index (χ0) is 15.2. The van der Waals surface area contributed by atoms with E-state index >= 15 is 0 Å². The number of hydrogen-bond donors (Lipinski definition) is 1. The smallest absolute Gasteiger partial charge is 0.0843 e. The summed E-state index contributed by atoms with van der Waals surface area (Å²) in [6.45, 7) is 7.81. The molecule has 0 aliphatic heterocycles. The van der Waals surface area contributed by atoms with Gasteiger partial charge in [0.15, 0.2) is 0 Å². The van der Waals surface area contributed by atoms with Crippen molar-refractivity contribution >= 4 is 0 Å². The number of hydrogen-bond acceptors (Lipinski definition) is 4. The van der Waals surface area contributed by atoms with E-state index in [1.807, 2.05) is 13.2 Å². The molecule has 0 amide bonds. The van der Waals surface area contributed by atoms with Crippen LogP contribution in [0.4, 0.5) is 0 Å². The van der Waals surface area contributed by atoms with Crippen LogP contribution >= 0.6 is 0 Å². The quantitative estimate of drug-likeness (QED) is 0.750. The highest BCUT2D eigenvalue weighted by Gasteiger charge is 2.37. The van der Waals surface area contributed by atoms with Crippen LogP contribution in [0.2, 0.25) is 0 Å². The molecule has 0 radical (unpaired) electrons. The molecule has 0 saturated heterocycles. The Bertz CT molecular complexity index is 381. The molecule has 1 atom stereocenters. The fraction of sp³-hybridized carbons (Fsp3) is 0.867. The van der Waals surface area contributed by atoms with Crippen LogP contribution in [-0.2, 0) is 13.5 Å². The second-order valence-corrected chi connectivity index (χ2v) is 5.80. The van der Waals surface area contributed by atoms with Crippen molar-refractivity contribution < 1.29 is 0 Å². The van der Waals surface area contributed by atoms with Crippen LogP contribution in [0.15, 0.2) is 6.20 Å². The Labute approximate surface area is 123 Å².